The third kappa shape index (κ3) is 2.57. The summed E-state index contributed by atoms with van der Waals surface area (Å²) in [6.07, 6.45) is 5.32. The Balaban J connectivity index is 1.79. The van der Waals surface area contributed by atoms with Gasteiger partial charge in [0.1, 0.15) is 0 Å². The largest absolute Gasteiger partial charge is 0.396 e. The molecule has 0 spiro atoms. The summed E-state index contributed by atoms with van der Waals surface area (Å²) in [5, 5.41) is 9.20. The first-order chi connectivity index (χ1) is 6.40. The van der Waals surface area contributed by atoms with Gasteiger partial charge in [-0.1, -0.05) is 12.8 Å². The van der Waals surface area contributed by atoms with Gasteiger partial charge in [0, 0.05) is 18.1 Å². The highest BCUT2D eigenvalue weighted by Gasteiger charge is 2.30. The van der Waals surface area contributed by atoms with Crippen LogP contribution in [0, 0.1) is 11.8 Å². The number of aliphatic hydroxyl groups excluding tert-OH is 1. The minimum Gasteiger partial charge on any atom is -0.396 e. The molecule has 0 aromatic carbocycles. The fraction of sp³-hybridized carbons (Fsp3) is 1.00. The second-order valence-corrected chi connectivity index (χ2v) is 6.96. The average Bonchev–Trinajstić information content (AvgIpc) is 2.76. The standard InChI is InChI=1S/C10H18OS2/c11-7-9-3-1-2-8(9)6-10-12-4-5-13-10/h8-11H,1-7H2/t8-,9+/m0/s1. The lowest BCUT2D eigenvalue weighted by atomic mass is 9.94. The normalized spacial score (nSPS) is 35.8. The van der Waals surface area contributed by atoms with Crippen LogP contribution in [0.25, 0.3) is 0 Å². The van der Waals surface area contributed by atoms with Crippen molar-refractivity contribution in [3.05, 3.63) is 0 Å². The summed E-state index contributed by atoms with van der Waals surface area (Å²) in [5.74, 6) is 4.13. The van der Waals surface area contributed by atoms with Crippen LogP contribution in [0.2, 0.25) is 0 Å². The number of hydrogen-bond donors (Lipinski definition) is 1. The first kappa shape index (κ1) is 10.2. The van der Waals surface area contributed by atoms with Crippen LogP contribution in [0.3, 0.4) is 0 Å². The molecular formula is C10H18OS2. The molecule has 1 aliphatic carbocycles. The molecule has 2 fully saturated rings. The van der Waals surface area contributed by atoms with Crippen LogP contribution < -0.4 is 0 Å². The van der Waals surface area contributed by atoms with E-state index in [9.17, 15) is 5.11 Å². The molecule has 1 saturated carbocycles. The van der Waals surface area contributed by atoms with Gasteiger partial charge in [-0.05, 0) is 24.7 Å². The summed E-state index contributed by atoms with van der Waals surface area (Å²) in [4.78, 5) is 0. The third-order valence-corrected chi connectivity index (χ3v) is 6.32. The van der Waals surface area contributed by atoms with E-state index in [2.05, 4.69) is 23.5 Å². The van der Waals surface area contributed by atoms with Crippen LogP contribution in [0.1, 0.15) is 25.7 Å². The van der Waals surface area contributed by atoms with Crippen LogP contribution in [0.4, 0.5) is 0 Å². The van der Waals surface area contributed by atoms with Gasteiger partial charge in [-0.3, -0.25) is 0 Å². The zero-order chi connectivity index (χ0) is 9.10. The zero-order valence-corrected chi connectivity index (χ0v) is 9.58. The summed E-state index contributed by atoms with van der Waals surface area (Å²) in [5.41, 5.74) is 0. The van der Waals surface area contributed by atoms with Crippen molar-refractivity contribution < 1.29 is 5.11 Å². The van der Waals surface area contributed by atoms with Gasteiger partial charge in [0.2, 0.25) is 0 Å². The summed E-state index contributed by atoms with van der Waals surface area (Å²) in [7, 11) is 0. The predicted octanol–water partition coefficient (Wildman–Crippen LogP) is 2.59. The predicted molar refractivity (Wildman–Crippen MR) is 61.2 cm³/mol. The third-order valence-electron chi connectivity index (χ3n) is 3.24. The molecule has 1 saturated heterocycles. The minimum absolute atomic E-state index is 0.423. The van der Waals surface area contributed by atoms with Gasteiger partial charge in [0.25, 0.3) is 0 Å². The van der Waals surface area contributed by atoms with Gasteiger partial charge in [-0.15, -0.1) is 23.5 Å². The molecule has 0 amide bonds. The molecule has 1 aliphatic heterocycles. The van der Waals surface area contributed by atoms with Gasteiger partial charge < -0.3 is 5.11 Å². The van der Waals surface area contributed by atoms with Crippen LogP contribution in [0.15, 0.2) is 0 Å². The van der Waals surface area contributed by atoms with Gasteiger partial charge in [-0.2, -0.15) is 0 Å². The van der Waals surface area contributed by atoms with Crippen molar-refractivity contribution in [3.8, 4) is 0 Å². The maximum Gasteiger partial charge on any atom is 0.0505 e. The van der Waals surface area contributed by atoms with Gasteiger partial charge in [-0.25, -0.2) is 0 Å². The lowest BCUT2D eigenvalue weighted by molar-refractivity contribution is 0.192. The molecule has 2 atom stereocenters. The maximum absolute atomic E-state index is 9.20. The van der Waals surface area contributed by atoms with Crippen LogP contribution >= 0.6 is 23.5 Å². The Morgan fingerprint density at radius 1 is 1.08 bits per heavy atom. The summed E-state index contributed by atoms with van der Waals surface area (Å²) < 4.78 is 0.845. The smallest absolute Gasteiger partial charge is 0.0505 e. The maximum atomic E-state index is 9.20. The molecule has 1 heterocycles. The molecule has 2 aliphatic rings. The minimum atomic E-state index is 0.423. The molecule has 0 aromatic rings. The first-order valence-electron chi connectivity index (χ1n) is 5.24. The Morgan fingerprint density at radius 3 is 2.46 bits per heavy atom. The highest BCUT2D eigenvalue weighted by atomic mass is 32.2. The Bertz CT molecular complexity index is 157. The highest BCUT2D eigenvalue weighted by Crippen LogP contribution is 2.42. The Labute approximate surface area is 89.1 Å². The number of aliphatic hydroxyl groups is 1. The topological polar surface area (TPSA) is 20.2 Å². The SMILES string of the molecule is OC[C@H]1CCC[C@H]1CC1SCCS1. The van der Waals surface area contributed by atoms with Crippen molar-refractivity contribution in [2.45, 2.75) is 30.3 Å². The van der Waals surface area contributed by atoms with E-state index in [1.165, 1.54) is 37.2 Å². The fourth-order valence-corrected chi connectivity index (χ4v) is 5.48. The second kappa shape index (κ2) is 4.94. The van der Waals surface area contributed by atoms with Crippen LogP contribution in [-0.2, 0) is 0 Å². The van der Waals surface area contributed by atoms with Crippen molar-refractivity contribution in [2.75, 3.05) is 18.1 Å². The van der Waals surface area contributed by atoms with E-state index in [4.69, 9.17) is 0 Å². The molecule has 3 heteroatoms. The Morgan fingerprint density at radius 2 is 1.77 bits per heavy atom. The number of rotatable bonds is 3. The lowest BCUT2D eigenvalue weighted by Crippen LogP contribution is -2.15. The molecule has 1 N–H and O–H groups in total. The molecule has 0 unspecified atom stereocenters. The van der Waals surface area contributed by atoms with Gasteiger partial charge >= 0.3 is 0 Å². The van der Waals surface area contributed by atoms with Gasteiger partial charge in [0.15, 0.2) is 0 Å². The first-order valence-corrected chi connectivity index (χ1v) is 7.34. The van der Waals surface area contributed by atoms with Crippen LogP contribution in [0.5, 0.6) is 0 Å². The molecule has 0 bridgehead atoms. The molecule has 1 nitrogen and oxygen atoms in total. The van der Waals surface area contributed by atoms with Crippen molar-refractivity contribution in [1.29, 1.82) is 0 Å². The van der Waals surface area contributed by atoms with E-state index in [0.29, 0.717) is 12.5 Å². The molecule has 0 radical (unpaired) electrons. The second-order valence-electron chi connectivity index (χ2n) is 4.04. The molecule has 13 heavy (non-hydrogen) atoms. The summed E-state index contributed by atoms with van der Waals surface area (Å²) in [6.45, 7) is 0.423. The van der Waals surface area contributed by atoms with E-state index in [-0.39, 0.29) is 0 Å². The number of thioether (sulfide) groups is 2. The zero-order valence-electron chi connectivity index (χ0n) is 7.95. The lowest BCUT2D eigenvalue weighted by Gasteiger charge is -2.19. The quantitative estimate of drug-likeness (QED) is 0.786. The van der Waals surface area contributed by atoms with Crippen molar-refractivity contribution in [3.63, 3.8) is 0 Å². The molecule has 2 rings (SSSR count). The summed E-state index contributed by atoms with van der Waals surface area (Å²) >= 11 is 4.25. The molecular weight excluding hydrogens is 200 g/mol. The average molecular weight is 218 g/mol. The summed E-state index contributed by atoms with van der Waals surface area (Å²) in [6, 6.07) is 0. The van der Waals surface area contributed by atoms with Crippen molar-refractivity contribution in [1.82, 2.24) is 0 Å². The van der Waals surface area contributed by atoms with E-state index < -0.39 is 0 Å². The Hall–Kier alpha value is 0.660. The monoisotopic (exact) mass is 218 g/mol. The van der Waals surface area contributed by atoms with Crippen molar-refractivity contribution >= 4 is 23.5 Å². The Kier molecular flexibility index (Phi) is 3.87. The van der Waals surface area contributed by atoms with E-state index in [1.807, 2.05) is 0 Å². The van der Waals surface area contributed by atoms with Crippen molar-refractivity contribution in [2.24, 2.45) is 11.8 Å². The highest BCUT2D eigenvalue weighted by molar-refractivity contribution is 8.20. The van der Waals surface area contributed by atoms with Crippen LogP contribution in [-0.4, -0.2) is 27.8 Å². The van der Waals surface area contributed by atoms with E-state index in [0.717, 1.165) is 10.5 Å². The molecule has 76 valence electrons. The van der Waals surface area contributed by atoms with Gasteiger partial charge in [0.05, 0.1) is 4.58 Å². The van der Waals surface area contributed by atoms with E-state index >= 15 is 0 Å². The fourth-order valence-electron chi connectivity index (χ4n) is 2.45. The molecule has 0 aromatic heterocycles. The number of hydrogen-bond acceptors (Lipinski definition) is 3. The van der Waals surface area contributed by atoms with E-state index in [1.54, 1.807) is 0 Å².